The van der Waals surface area contributed by atoms with Crippen LogP contribution in [-0.2, 0) is 6.54 Å². The van der Waals surface area contributed by atoms with Gasteiger partial charge in [0.25, 0.3) is 0 Å². The molecule has 0 spiro atoms. The van der Waals surface area contributed by atoms with Crippen LogP contribution in [0.2, 0.25) is 10.0 Å². The zero-order valence-electron chi connectivity index (χ0n) is 13.4. The normalized spacial score (nSPS) is 15.4. The van der Waals surface area contributed by atoms with Crippen LogP contribution in [-0.4, -0.2) is 11.1 Å². The lowest BCUT2D eigenvalue weighted by atomic mass is 9.95. The minimum atomic E-state index is 0.101. The average molecular weight is 366 g/mol. The first-order chi connectivity index (χ1) is 11.6. The second-order valence-electron chi connectivity index (χ2n) is 6.19. The quantitative estimate of drug-likeness (QED) is 0.691. The van der Waals surface area contributed by atoms with E-state index in [0.29, 0.717) is 27.6 Å². The Balaban J connectivity index is 1.63. The smallest absolute Gasteiger partial charge is 0.169 e. The van der Waals surface area contributed by atoms with E-state index in [1.165, 1.54) is 32.1 Å². The highest BCUT2D eigenvalue weighted by Crippen LogP contribution is 2.36. The van der Waals surface area contributed by atoms with Gasteiger partial charge in [-0.3, -0.25) is 0 Å². The Morgan fingerprint density at radius 2 is 1.75 bits per heavy atom. The maximum absolute atomic E-state index is 10.2. The largest absolute Gasteiger partial charge is 0.504 e. The molecule has 24 heavy (non-hydrogen) atoms. The summed E-state index contributed by atoms with van der Waals surface area (Å²) in [6.45, 7) is 0.750. The molecule has 0 heterocycles. The van der Waals surface area contributed by atoms with Gasteiger partial charge in [0.1, 0.15) is 5.75 Å². The van der Waals surface area contributed by atoms with E-state index in [1.54, 1.807) is 30.3 Å². The molecular weight excluding hydrogens is 345 g/mol. The first-order valence-corrected chi connectivity index (χ1v) is 9.05. The van der Waals surface area contributed by atoms with Crippen LogP contribution in [0.15, 0.2) is 36.4 Å². The van der Waals surface area contributed by atoms with E-state index >= 15 is 0 Å². The van der Waals surface area contributed by atoms with Crippen molar-refractivity contribution in [3.8, 4) is 17.2 Å². The summed E-state index contributed by atoms with van der Waals surface area (Å²) in [5, 5.41) is 14.7. The second-order valence-corrected chi connectivity index (χ2v) is 7.04. The summed E-state index contributed by atoms with van der Waals surface area (Å²) in [5.41, 5.74) is 1.03. The summed E-state index contributed by atoms with van der Waals surface area (Å²) in [6, 6.07) is 11.0. The van der Waals surface area contributed by atoms with Crippen molar-refractivity contribution < 1.29 is 9.84 Å². The lowest BCUT2D eigenvalue weighted by Crippen LogP contribution is -2.30. The highest BCUT2D eigenvalue weighted by molar-refractivity contribution is 6.35. The van der Waals surface area contributed by atoms with Gasteiger partial charge in [-0.1, -0.05) is 48.5 Å². The Hall–Kier alpha value is -1.42. The Bertz CT molecular complexity index is 700. The number of phenolic OH excluding ortho intramolecular Hbond substituents is 1. The van der Waals surface area contributed by atoms with Gasteiger partial charge in [-0.25, -0.2) is 0 Å². The van der Waals surface area contributed by atoms with Crippen molar-refractivity contribution in [2.45, 2.75) is 44.7 Å². The Kier molecular flexibility index (Phi) is 5.88. The first-order valence-electron chi connectivity index (χ1n) is 8.30. The highest BCUT2D eigenvalue weighted by atomic mass is 35.5. The second kappa shape index (κ2) is 8.11. The maximum atomic E-state index is 10.2. The zero-order chi connectivity index (χ0) is 16.9. The van der Waals surface area contributed by atoms with Crippen LogP contribution in [0.5, 0.6) is 17.2 Å². The van der Waals surface area contributed by atoms with Crippen molar-refractivity contribution >= 4 is 23.2 Å². The summed E-state index contributed by atoms with van der Waals surface area (Å²) >= 11 is 12.0. The molecule has 0 unspecified atom stereocenters. The number of nitrogens with one attached hydrogen (secondary N) is 1. The monoisotopic (exact) mass is 365 g/mol. The fraction of sp³-hybridized carbons (Fsp3) is 0.368. The Labute approximate surface area is 152 Å². The zero-order valence-corrected chi connectivity index (χ0v) is 14.9. The molecule has 0 amide bonds. The number of hydrogen-bond donors (Lipinski definition) is 2. The molecule has 0 aliphatic heterocycles. The van der Waals surface area contributed by atoms with Gasteiger partial charge in [0.15, 0.2) is 11.5 Å². The topological polar surface area (TPSA) is 41.5 Å². The van der Waals surface area contributed by atoms with Gasteiger partial charge in [-0.15, -0.1) is 0 Å². The standard InChI is InChI=1S/C19H21Cl2NO2/c20-14-7-9-18(16(21)11-14)24-19-8-6-13(10-17(19)23)12-22-15-4-2-1-3-5-15/h6-11,15,22-23H,1-5,12H2. The van der Waals surface area contributed by atoms with Crippen molar-refractivity contribution in [3.63, 3.8) is 0 Å². The number of benzene rings is 2. The van der Waals surface area contributed by atoms with Crippen molar-refractivity contribution in [3.05, 3.63) is 52.0 Å². The summed E-state index contributed by atoms with van der Waals surface area (Å²) in [5.74, 6) is 0.939. The highest BCUT2D eigenvalue weighted by Gasteiger charge is 2.13. The Morgan fingerprint density at radius 3 is 2.46 bits per heavy atom. The fourth-order valence-electron chi connectivity index (χ4n) is 3.00. The van der Waals surface area contributed by atoms with Crippen molar-refractivity contribution in [2.75, 3.05) is 0 Å². The summed E-state index contributed by atoms with van der Waals surface area (Å²) < 4.78 is 5.68. The molecule has 3 nitrogen and oxygen atoms in total. The molecule has 0 bridgehead atoms. The van der Waals surface area contributed by atoms with Crippen LogP contribution >= 0.6 is 23.2 Å². The van der Waals surface area contributed by atoms with E-state index in [0.717, 1.165) is 12.1 Å². The molecule has 1 fully saturated rings. The fourth-order valence-corrected chi connectivity index (χ4v) is 3.45. The van der Waals surface area contributed by atoms with Crippen LogP contribution in [0.3, 0.4) is 0 Å². The predicted molar refractivity (Wildman–Crippen MR) is 98.4 cm³/mol. The molecule has 0 atom stereocenters. The first kappa shape index (κ1) is 17.4. The minimum absolute atomic E-state index is 0.101. The van der Waals surface area contributed by atoms with Crippen molar-refractivity contribution in [1.29, 1.82) is 0 Å². The van der Waals surface area contributed by atoms with E-state index in [2.05, 4.69) is 5.32 Å². The van der Waals surface area contributed by atoms with Crippen LogP contribution in [0.25, 0.3) is 0 Å². The van der Waals surface area contributed by atoms with Gasteiger partial charge in [-0.05, 0) is 48.7 Å². The number of halogens is 2. The predicted octanol–water partition coefficient (Wildman–Crippen LogP) is 5.91. The van der Waals surface area contributed by atoms with E-state index < -0.39 is 0 Å². The van der Waals surface area contributed by atoms with E-state index in [-0.39, 0.29) is 5.75 Å². The van der Waals surface area contributed by atoms with Gasteiger partial charge in [0, 0.05) is 17.6 Å². The summed E-state index contributed by atoms with van der Waals surface area (Å²) in [6.07, 6.45) is 6.43. The van der Waals surface area contributed by atoms with Crippen LogP contribution in [0.4, 0.5) is 0 Å². The third-order valence-corrected chi connectivity index (χ3v) is 4.87. The molecule has 5 heteroatoms. The molecule has 1 aliphatic rings. The third-order valence-electron chi connectivity index (χ3n) is 4.34. The van der Waals surface area contributed by atoms with Gasteiger partial charge in [0.05, 0.1) is 5.02 Å². The summed E-state index contributed by atoms with van der Waals surface area (Å²) in [7, 11) is 0. The average Bonchev–Trinajstić information content (AvgIpc) is 2.58. The number of rotatable bonds is 5. The van der Waals surface area contributed by atoms with Crippen molar-refractivity contribution in [2.24, 2.45) is 0 Å². The molecule has 2 aromatic rings. The molecule has 0 aromatic heterocycles. The molecular formula is C19H21Cl2NO2. The molecule has 1 saturated carbocycles. The SMILES string of the molecule is Oc1cc(CNC2CCCCC2)ccc1Oc1ccc(Cl)cc1Cl. The lowest BCUT2D eigenvalue weighted by Gasteiger charge is -2.23. The molecule has 2 N–H and O–H groups in total. The van der Waals surface area contributed by atoms with Gasteiger partial charge in [-0.2, -0.15) is 0 Å². The third kappa shape index (κ3) is 4.56. The van der Waals surface area contributed by atoms with E-state index in [4.69, 9.17) is 27.9 Å². The van der Waals surface area contributed by atoms with Crippen LogP contribution in [0, 0.1) is 0 Å². The summed E-state index contributed by atoms with van der Waals surface area (Å²) in [4.78, 5) is 0. The lowest BCUT2D eigenvalue weighted by molar-refractivity contribution is 0.371. The van der Waals surface area contributed by atoms with Gasteiger partial charge >= 0.3 is 0 Å². The minimum Gasteiger partial charge on any atom is -0.504 e. The maximum Gasteiger partial charge on any atom is 0.169 e. The molecule has 2 aromatic carbocycles. The molecule has 0 radical (unpaired) electrons. The van der Waals surface area contributed by atoms with Crippen LogP contribution < -0.4 is 10.1 Å². The number of phenols is 1. The molecule has 0 saturated heterocycles. The number of hydrogen-bond acceptors (Lipinski definition) is 3. The van der Waals surface area contributed by atoms with Crippen molar-refractivity contribution in [1.82, 2.24) is 5.32 Å². The molecule has 1 aliphatic carbocycles. The number of aromatic hydroxyl groups is 1. The molecule has 128 valence electrons. The van der Waals surface area contributed by atoms with Gasteiger partial charge in [0.2, 0.25) is 0 Å². The Morgan fingerprint density at radius 1 is 1.00 bits per heavy atom. The number of ether oxygens (including phenoxy) is 1. The van der Waals surface area contributed by atoms with Crippen LogP contribution in [0.1, 0.15) is 37.7 Å². The molecule has 3 rings (SSSR count). The van der Waals surface area contributed by atoms with E-state index in [1.807, 2.05) is 6.07 Å². The van der Waals surface area contributed by atoms with Gasteiger partial charge < -0.3 is 15.2 Å². The van der Waals surface area contributed by atoms with E-state index in [9.17, 15) is 5.11 Å².